The number of thiophene rings is 1. The first kappa shape index (κ1) is 25.8. The number of aryl methyl sites for hydroxylation is 1. The predicted molar refractivity (Wildman–Crippen MR) is 138 cm³/mol. The summed E-state index contributed by atoms with van der Waals surface area (Å²) in [5.41, 5.74) is 2.79. The first-order valence-electron chi connectivity index (χ1n) is 12.1. The number of piperidine rings is 1. The number of benzene rings is 1. The molecule has 1 aromatic carbocycles. The summed E-state index contributed by atoms with van der Waals surface area (Å²) in [6.45, 7) is 3.14. The highest BCUT2D eigenvalue weighted by atomic mass is 35.5. The Hall–Kier alpha value is -1.32. The zero-order chi connectivity index (χ0) is 24.1. The maximum absolute atomic E-state index is 12.8. The number of nitrogens with zero attached hydrogens (tertiary/aromatic N) is 1. The average Bonchev–Trinajstić information content (AvgIpc) is 3.30. The summed E-state index contributed by atoms with van der Waals surface area (Å²) >= 11 is 7.06. The molecule has 9 heteroatoms. The normalized spacial score (nSPS) is 19.7. The minimum atomic E-state index is -3.40. The summed E-state index contributed by atoms with van der Waals surface area (Å²) in [5, 5.41) is 3.62. The Morgan fingerprint density at radius 1 is 1.06 bits per heavy atom. The summed E-state index contributed by atoms with van der Waals surface area (Å²) in [5.74, 6) is 2.89. The van der Waals surface area contributed by atoms with Gasteiger partial charge < -0.3 is 14.8 Å². The van der Waals surface area contributed by atoms with Crippen LogP contribution in [0.1, 0.15) is 43.2 Å². The molecule has 2 aliphatic rings. The fourth-order valence-electron chi connectivity index (χ4n) is 5.14. The SMILES string of the molecule is COc1cc2c(cc1OC)CC(CCCNCC1CCN(S(=O)(=O)c3ccc(Cl)s3)CC1)CC2. The van der Waals surface area contributed by atoms with Crippen LogP contribution in [0, 0.1) is 11.8 Å². The van der Waals surface area contributed by atoms with Gasteiger partial charge in [-0.15, -0.1) is 11.3 Å². The minimum Gasteiger partial charge on any atom is -0.493 e. The Labute approximate surface area is 212 Å². The molecule has 2 heterocycles. The van der Waals surface area contributed by atoms with Crippen molar-refractivity contribution >= 4 is 33.0 Å². The summed E-state index contributed by atoms with van der Waals surface area (Å²) < 4.78 is 38.9. The van der Waals surface area contributed by atoms with Gasteiger partial charge in [0.2, 0.25) is 0 Å². The minimum absolute atomic E-state index is 0.344. The largest absolute Gasteiger partial charge is 0.493 e. The van der Waals surface area contributed by atoms with Gasteiger partial charge >= 0.3 is 0 Å². The Morgan fingerprint density at radius 2 is 1.76 bits per heavy atom. The molecule has 188 valence electrons. The number of nitrogens with one attached hydrogen (secondary N) is 1. The van der Waals surface area contributed by atoms with Crippen molar-refractivity contribution in [3.63, 3.8) is 0 Å². The summed E-state index contributed by atoms with van der Waals surface area (Å²) in [4.78, 5) is 0. The van der Waals surface area contributed by atoms with E-state index in [0.717, 1.165) is 61.6 Å². The van der Waals surface area contributed by atoms with Gasteiger partial charge in [0, 0.05) is 13.1 Å². The van der Waals surface area contributed by atoms with E-state index in [-0.39, 0.29) is 0 Å². The number of hydrogen-bond acceptors (Lipinski definition) is 6. The second kappa shape index (κ2) is 11.6. The molecule has 0 bridgehead atoms. The molecule has 1 atom stereocenters. The van der Waals surface area contributed by atoms with Crippen LogP contribution >= 0.6 is 22.9 Å². The molecule has 4 rings (SSSR count). The monoisotopic (exact) mass is 526 g/mol. The van der Waals surface area contributed by atoms with Crippen molar-refractivity contribution in [3.05, 3.63) is 39.7 Å². The molecule has 0 amide bonds. The van der Waals surface area contributed by atoms with Crippen molar-refractivity contribution < 1.29 is 17.9 Å². The van der Waals surface area contributed by atoms with Crippen molar-refractivity contribution in [2.75, 3.05) is 40.4 Å². The van der Waals surface area contributed by atoms with E-state index in [1.807, 2.05) is 0 Å². The van der Waals surface area contributed by atoms with Crippen LogP contribution in [0.5, 0.6) is 11.5 Å². The molecular formula is C25H35ClN2O4S2. The van der Waals surface area contributed by atoms with Crippen LogP contribution in [-0.4, -0.2) is 53.1 Å². The molecule has 1 fully saturated rings. The van der Waals surface area contributed by atoms with Crippen LogP contribution in [0.4, 0.5) is 0 Å². The predicted octanol–water partition coefficient (Wildman–Crippen LogP) is 4.99. The molecule has 1 aliphatic heterocycles. The molecule has 0 radical (unpaired) electrons. The van der Waals surface area contributed by atoms with Crippen LogP contribution < -0.4 is 14.8 Å². The standard InChI is InChI=1S/C25H35ClN2O4S2/c1-31-22-15-20-6-5-18(14-21(20)16-23(22)32-2)4-3-11-27-17-19-9-12-28(13-10-19)34(29,30)25-8-7-24(26)33-25/h7-8,15-16,18-19,27H,3-6,9-14,17H2,1-2H3. The van der Waals surface area contributed by atoms with E-state index in [0.29, 0.717) is 33.5 Å². The van der Waals surface area contributed by atoms with Gasteiger partial charge in [-0.25, -0.2) is 8.42 Å². The van der Waals surface area contributed by atoms with Gasteiger partial charge in [-0.1, -0.05) is 11.6 Å². The van der Waals surface area contributed by atoms with Gasteiger partial charge in [0.05, 0.1) is 18.6 Å². The van der Waals surface area contributed by atoms with E-state index >= 15 is 0 Å². The average molecular weight is 527 g/mol. The summed E-state index contributed by atoms with van der Waals surface area (Å²) in [7, 11) is -0.0205. The number of hydrogen-bond donors (Lipinski definition) is 1. The van der Waals surface area contributed by atoms with Crippen molar-refractivity contribution in [1.82, 2.24) is 9.62 Å². The first-order chi connectivity index (χ1) is 16.4. The van der Waals surface area contributed by atoms with Crippen molar-refractivity contribution in [2.45, 2.75) is 49.2 Å². The van der Waals surface area contributed by atoms with Gasteiger partial charge in [0.15, 0.2) is 11.5 Å². The van der Waals surface area contributed by atoms with Gasteiger partial charge in [-0.05, 0) is 105 Å². The van der Waals surface area contributed by atoms with Crippen molar-refractivity contribution in [1.29, 1.82) is 0 Å². The third-order valence-electron chi connectivity index (χ3n) is 7.15. The number of methoxy groups -OCH3 is 2. The lowest BCUT2D eigenvalue weighted by Crippen LogP contribution is -2.40. The van der Waals surface area contributed by atoms with E-state index in [2.05, 4.69) is 17.4 Å². The highest BCUT2D eigenvalue weighted by Crippen LogP contribution is 2.36. The molecule has 1 aliphatic carbocycles. The van der Waals surface area contributed by atoms with Gasteiger partial charge in [0.1, 0.15) is 4.21 Å². The molecule has 2 aromatic rings. The zero-order valence-electron chi connectivity index (χ0n) is 20.0. The Kier molecular flexibility index (Phi) is 8.80. The van der Waals surface area contributed by atoms with Gasteiger partial charge in [0.25, 0.3) is 10.0 Å². The molecule has 6 nitrogen and oxygen atoms in total. The molecule has 1 aromatic heterocycles. The molecule has 1 N–H and O–H groups in total. The van der Waals surface area contributed by atoms with Crippen molar-refractivity contribution in [2.24, 2.45) is 11.8 Å². The van der Waals surface area contributed by atoms with E-state index in [4.69, 9.17) is 21.1 Å². The second-order valence-electron chi connectivity index (χ2n) is 9.34. The quantitative estimate of drug-likeness (QED) is 0.441. The molecule has 0 spiro atoms. The van der Waals surface area contributed by atoms with Crippen LogP contribution in [0.3, 0.4) is 0 Å². The number of sulfonamides is 1. The third kappa shape index (κ3) is 6.08. The Morgan fingerprint density at radius 3 is 2.41 bits per heavy atom. The fraction of sp³-hybridized carbons (Fsp3) is 0.600. The molecule has 0 saturated carbocycles. The fourth-order valence-corrected chi connectivity index (χ4v) is 8.25. The third-order valence-corrected chi connectivity index (χ3v) is 10.7. The first-order valence-corrected chi connectivity index (χ1v) is 14.7. The number of fused-ring (bicyclic) bond motifs is 1. The maximum atomic E-state index is 12.8. The zero-order valence-corrected chi connectivity index (χ0v) is 22.4. The highest BCUT2D eigenvalue weighted by Gasteiger charge is 2.30. The smallest absolute Gasteiger partial charge is 0.252 e. The second-order valence-corrected chi connectivity index (χ2v) is 13.2. The maximum Gasteiger partial charge on any atom is 0.252 e. The Bertz CT molecular complexity index is 1060. The highest BCUT2D eigenvalue weighted by molar-refractivity contribution is 7.91. The van der Waals surface area contributed by atoms with Crippen LogP contribution in [0.25, 0.3) is 0 Å². The lowest BCUT2D eigenvalue weighted by atomic mass is 9.81. The summed E-state index contributed by atoms with van der Waals surface area (Å²) in [6, 6.07) is 7.54. The van der Waals surface area contributed by atoms with Crippen LogP contribution in [-0.2, 0) is 22.9 Å². The number of halogens is 1. The molecule has 1 saturated heterocycles. The van der Waals surface area contributed by atoms with Crippen LogP contribution in [0.15, 0.2) is 28.5 Å². The van der Waals surface area contributed by atoms with E-state index in [1.165, 1.54) is 30.4 Å². The molecular weight excluding hydrogens is 492 g/mol. The van der Waals surface area contributed by atoms with E-state index < -0.39 is 10.0 Å². The van der Waals surface area contributed by atoms with E-state index in [9.17, 15) is 8.42 Å². The summed E-state index contributed by atoms with van der Waals surface area (Å²) in [6.07, 6.45) is 7.63. The Balaban J connectivity index is 1.15. The van der Waals surface area contributed by atoms with Gasteiger partial charge in [-0.3, -0.25) is 0 Å². The van der Waals surface area contributed by atoms with Crippen LogP contribution in [0.2, 0.25) is 4.34 Å². The lowest BCUT2D eigenvalue weighted by molar-refractivity contribution is 0.267. The molecule has 1 unspecified atom stereocenters. The topological polar surface area (TPSA) is 67.9 Å². The van der Waals surface area contributed by atoms with E-state index in [1.54, 1.807) is 30.7 Å². The lowest BCUT2D eigenvalue weighted by Gasteiger charge is -2.31. The van der Waals surface area contributed by atoms with Gasteiger partial charge in [-0.2, -0.15) is 4.31 Å². The number of rotatable bonds is 10. The molecule has 34 heavy (non-hydrogen) atoms. The number of ether oxygens (including phenoxy) is 2. The van der Waals surface area contributed by atoms with Crippen molar-refractivity contribution in [3.8, 4) is 11.5 Å².